The molecule has 2 heterocycles. The van der Waals surface area contributed by atoms with Gasteiger partial charge in [0.1, 0.15) is 16.2 Å². The summed E-state index contributed by atoms with van der Waals surface area (Å²) in [5.74, 6) is -0.468. The van der Waals surface area contributed by atoms with Gasteiger partial charge in [-0.2, -0.15) is 5.10 Å². The van der Waals surface area contributed by atoms with Crippen LogP contribution in [0.2, 0.25) is 0 Å². The fourth-order valence-corrected chi connectivity index (χ4v) is 5.69. The first-order valence-electron chi connectivity index (χ1n) is 13.3. The van der Waals surface area contributed by atoms with Gasteiger partial charge < -0.3 is 10.4 Å². The minimum Gasteiger partial charge on any atom is -0.505 e. The average Bonchev–Trinajstić information content (AvgIpc) is 3.30. The van der Waals surface area contributed by atoms with Crippen molar-refractivity contribution in [3.63, 3.8) is 0 Å². The minimum absolute atomic E-state index is 0.0579. The molecule has 1 unspecified atom stereocenters. The molecule has 0 saturated carbocycles. The summed E-state index contributed by atoms with van der Waals surface area (Å²) in [5, 5.41) is 28.8. The van der Waals surface area contributed by atoms with Crippen LogP contribution in [0.5, 0.6) is 5.75 Å². The van der Waals surface area contributed by atoms with Crippen molar-refractivity contribution in [1.29, 1.82) is 5.41 Å². The van der Waals surface area contributed by atoms with Gasteiger partial charge in [0, 0.05) is 23.4 Å². The first-order valence-corrected chi connectivity index (χ1v) is 14.1. The molecule has 1 atom stereocenters. The number of benzene rings is 2. The second-order valence-corrected chi connectivity index (χ2v) is 11.8. The van der Waals surface area contributed by atoms with Crippen LogP contribution in [0.4, 0.5) is 14.6 Å². The van der Waals surface area contributed by atoms with Crippen molar-refractivity contribution in [1.82, 2.24) is 14.8 Å². The van der Waals surface area contributed by atoms with E-state index in [1.807, 2.05) is 18.2 Å². The van der Waals surface area contributed by atoms with Crippen LogP contribution >= 0.6 is 15.9 Å². The summed E-state index contributed by atoms with van der Waals surface area (Å²) < 4.78 is 29.0. The second-order valence-electron chi connectivity index (χ2n) is 11.0. The van der Waals surface area contributed by atoms with Gasteiger partial charge in [-0.15, -0.1) is 0 Å². The van der Waals surface area contributed by atoms with Crippen LogP contribution in [-0.4, -0.2) is 31.0 Å². The molecular weight excluding hydrogens is 576 g/mol. The number of anilines is 1. The molecule has 0 amide bonds. The fraction of sp³-hybridized carbons (Fsp3) is 0.323. The maximum atomic E-state index is 13.7. The van der Waals surface area contributed by atoms with E-state index in [-0.39, 0.29) is 22.8 Å². The SMILES string of the molecule is CC1=C(C)C(CNc2nc(CC(C)C)c(O)c(-c3ccc4c(cnn4Cc4ccc(F)c(F)c4)c3)c2C(=N)Br)C1. The predicted molar refractivity (Wildman–Crippen MR) is 159 cm³/mol. The first-order chi connectivity index (χ1) is 19.0. The molecule has 0 bridgehead atoms. The van der Waals surface area contributed by atoms with Crippen molar-refractivity contribution in [2.75, 3.05) is 11.9 Å². The number of pyridine rings is 1. The van der Waals surface area contributed by atoms with Gasteiger partial charge >= 0.3 is 0 Å². The number of aromatic hydroxyl groups is 1. The molecular formula is C31H32BrF2N5O. The standard InChI is InChI=1S/C31H32BrF2N5O/c1-16(2)9-25-29(40)27(28(30(32)35)31(38-25)36-13-21-10-17(3)18(21)4)20-6-8-26-22(12-20)14-37-39(26)15-19-5-7-23(33)24(34)11-19/h5-8,11-12,14,16,21,35,40H,9-10,13,15H2,1-4H3,(H,36,38). The number of allylic oxidation sites excluding steroid dienone is 1. The third kappa shape index (κ3) is 5.39. The number of nitrogens with zero attached hydrogens (tertiary/aromatic N) is 3. The summed E-state index contributed by atoms with van der Waals surface area (Å²) >= 11 is 3.36. The molecule has 0 spiro atoms. The molecule has 208 valence electrons. The summed E-state index contributed by atoms with van der Waals surface area (Å²) in [4.78, 5) is 4.80. The quantitative estimate of drug-likeness (QED) is 0.134. The first kappa shape index (κ1) is 28.0. The van der Waals surface area contributed by atoms with E-state index in [0.717, 1.165) is 29.0 Å². The molecule has 0 radical (unpaired) electrons. The summed E-state index contributed by atoms with van der Waals surface area (Å²) in [7, 11) is 0. The molecule has 2 aromatic heterocycles. The van der Waals surface area contributed by atoms with Gasteiger partial charge in [0.25, 0.3) is 0 Å². The normalized spacial score (nSPS) is 15.2. The highest BCUT2D eigenvalue weighted by molar-refractivity contribution is 9.18. The van der Waals surface area contributed by atoms with Crippen LogP contribution in [0, 0.1) is 28.9 Å². The zero-order valence-corrected chi connectivity index (χ0v) is 24.5. The van der Waals surface area contributed by atoms with Gasteiger partial charge in [0.15, 0.2) is 11.6 Å². The number of rotatable bonds is 9. The summed E-state index contributed by atoms with van der Waals surface area (Å²) in [6.07, 6.45) is 3.33. The number of hydrogen-bond acceptors (Lipinski definition) is 5. The Morgan fingerprint density at radius 2 is 1.95 bits per heavy atom. The third-order valence-electron chi connectivity index (χ3n) is 7.67. The highest BCUT2D eigenvalue weighted by Crippen LogP contribution is 2.42. The smallest absolute Gasteiger partial charge is 0.159 e. The van der Waals surface area contributed by atoms with Gasteiger partial charge in [0.05, 0.1) is 29.5 Å². The maximum Gasteiger partial charge on any atom is 0.159 e. The molecule has 0 saturated heterocycles. The molecule has 1 aliphatic carbocycles. The zero-order chi connectivity index (χ0) is 28.7. The largest absolute Gasteiger partial charge is 0.505 e. The molecule has 5 rings (SSSR count). The van der Waals surface area contributed by atoms with Gasteiger partial charge in [0.2, 0.25) is 0 Å². The van der Waals surface area contributed by atoms with Crippen molar-refractivity contribution in [3.8, 4) is 16.9 Å². The Hall–Kier alpha value is -3.59. The van der Waals surface area contributed by atoms with Crippen molar-refractivity contribution >= 4 is 37.3 Å². The number of nitrogens with one attached hydrogen (secondary N) is 2. The van der Waals surface area contributed by atoms with Crippen LogP contribution in [0.15, 0.2) is 53.7 Å². The molecule has 1 aliphatic rings. The third-order valence-corrected chi connectivity index (χ3v) is 8.06. The highest BCUT2D eigenvalue weighted by atomic mass is 79.9. The number of halogens is 3. The van der Waals surface area contributed by atoms with Gasteiger partial charge in [-0.05, 0) is 83.9 Å². The van der Waals surface area contributed by atoms with E-state index in [1.165, 1.54) is 23.3 Å². The van der Waals surface area contributed by atoms with Gasteiger partial charge in [-0.25, -0.2) is 13.8 Å². The number of fused-ring (bicyclic) bond motifs is 1. The lowest BCUT2D eigenvalue weighted by Crippen LogP contribution is -2.25. The molecule has 0 fully saturated rings. The fourth-order valence-electron chi connectivity index (χ4n) is 5.30. The predicted octanol–water partition coefficient (Wildman–Crippen LogP) is 7.82. The van der Waals surface area contributed by atoms with Crippen LogP contribution in [0.1, 0.15) is 50.9 Å². The lowest BCUT2D eigenvalue weighted by molar-refractivity contribution is 0.459. The zero-order valence-electron chi connectivity index (χ0n) is 22.9. The Balaban J connectivity index is 1.56. The molecule has 9 heteroatoms. The summed E-state index contributed by atoms with van der Waals surface area (Å²) in [6, 6.07) is 9.51. The van der Waals surface area contributed by atoms with E-state index >= 15 is 0 Å². The van der Waals surface area contributed by atoms with Crippen LogP contribution in [0.3, 0.4) is 0 Å². The Labute approximate surface area is 240 Å². The molecule has 3 N–H and O–H groups in total. The topological polar surface area (TPSA) is 86.8 Å². The second kappa shape index (κ2) is 11.1. The lowest BCUT2D eigenvalue weighted by atomic mass is 9.79. The monoisotopic (exact) mass is 607 g/mol. The Morgan fingerprint density at radius 3 is 2.60 bits per heavy atom. The summed E-state index contributed by atoms with van der Waals surface area (Å²) in [5.41, 5.74) is 6.53. The van der Waals surface area contributed by atoms with Crippen molar-refractivity contribution in [2.24, 2.45) is 11.8 Å². The van der Waals surface area contributed by atoms with E-state index in [0.29, 0.717) is 47.1 Å². The summed E-state index contributed by atoms with van der Waals surface area (Å²) in [6.45, 7) is 9.43. The molecule has 6 nitrogen and oxygen atoms in total. The van der Waals surface area contributed by atoms with E-state index in [1.54, 1.807) is 10.9 Å². The van der Waals surface area contributed by atoms with E-state index < -0.39 is 11.6 Å². The van der Waals surface area contributed by atoms with Gasteiger partial charge in [-0.3, -0.25) is 10.1 Å². The van der Waals surface area contributed by atoms with E-state index in [9.17, 15) is 13.9 Å². The Morgan fingerprint density at radius 1 is 1.18 bits per heavy atom. The average molecular weight is 609 g/mol. The van der Waals surface area contributed by atoms with Crippen molar-refractivity contribution in [2.45, 2.75) is 47.1 Å². The number of hydrogen-bond donors (Lipinski definition) is 3. The molecule has 0 aliphatic heterocycles. The number of aromatic nitrogens is 3. The van der Waals surface area contributed by atoms with Crippen LogP contribution in [0.25, 0.3) is 22.0 Å². The lowest BCUT2D eigenvalue weighted by Gasteiger charge is -2.30. The van der Waals surface area contributed by atoms with Crippen LogP contribution in [-0.2, 0) is 13.0 Å². The van der Waals surface area contributed by atoms with Crippen molar-refractivity contribution in [3.05, 3.63) is 82.2 Å². The van der Waals surface area contributed by atoms with Gasteiger partial charge in [-0.1, -0.05) is 37.1 Å². The maximum absolute atomic E-state index is 13.7. The highest BCUT2D eigenvalue weighted by Gasteiger charge is 2.27. The van der Waals surface area contributed by atoms with E-state index in [4.69, 9.17) is 10.4 Å². The minimum atomic E-state index is -0.894. The Bertz CT molecular complexity index is 1660. The van der Waals surface area contributed by atoms with E-state index in [2.05, 4.69) is 54.0 Å². The Kier molecular flexibility index (Phi) is 7.77. The molecule has 40 heavy (non-hydrogen) atoms. The molecule has 2 aromatic carbocycles. The molecule has 4 aromatic rings. The van der Waals surface area contributed by atoms with Crippen LogP contribution < -0.4 is 5.32 Å². The van der Waals surface area contributed by atoms with Crippen molar-refractivity contribution < 1.29 is 13.9 Å².